The second-order valence-corrected chi connectivity index (χ2v) is 9.79. The molecule has 2 heterocycles. The van der Waals surface area contributed by atoms with E-state index in [1.54, 1.807) is 23.1 Å². The van der Waals surface area contributed by atoms with Crippen molar-refractivity contribution in [2.75, 3.05) is 46.4 Å². The van der Waals surface area contributed by atoms with E-state index in [0.29, 0.717) is 74.9 Å². The maximum Gasteiger partial charge on any atom is 0.257 e. The van der Waals surface area contributed by atoms with Crippen molar-refractivity contribution in [3.63, 3.8) is 0 Å². The van der Waals surface area contributed by atoms with Crippen molar-refractivity contribution in [2.45, 2.75) is 39.0 Å². The first-order chi connectivity index (χ1) is 17.9. The number of likely N-dealkylation sites (N-methyl/N-ethyl adjacent to an activating group) is 1. The maximum atomic E-state index is 13.8. The average Bonchev–Trinajstić information content (AvgIpc) is 2.92. The Kier molecular flexibility index (Phi) is 8.69. The highest BCUT2D eigenvalue weighted by Crippen LogP contribution is 2.39. The lowest BCUT2D eigenvalue weighted by Crippen LogP contribution is -2.51. The van der Waals surface area contributed by atoms with Crippen LogP contribution in [-0.2, 0) is 4.79 Å². The first-order valence-electron chi connectivity index (χ1n) is 13.2. The topological polar surface area (TPSA) is 88.2 Å². The van der Waals surface area contributed by atoms with Gasteiger partial charge in [-0.15, -0.1) is 0 Å². The first kappa shape index (κ1) is 26.5. The molecule has 0 unspecified atom stereocenters. The fourth-order valence-corrected chi connectivity index (χ4v) is 5.27. The predicted molar refractivity (Wildman–Crippen MR) is 141 cm³/mol. The van der Waals surface area contributed by atoms with E-state index in [4.69, 9.17) is 9.47 Å². The zero-order valence-electron chi connectivity index (χ0n) is 21.8. The van der Waals surface area contributed by atoms with Crippen LogP contribution in [0.25, 0.3) is 0 Å². The highest BCUT2D eigenvalue weighted by atomic mass is 16.5. The molecule has 8 nitrogen and oxygen atoms in total. The van der Waals surface area contributed by atoms with Crippen molar-refractivity contribution in [3.05, 3.63) is 59.7 Å². The summed E-state index contributed by atoms with van der Waals surface area (Å²) in [5.74, 6) is 1.01. The number of ether oxygens (including phenoxy) is 2. The smallest absolute Gasteiger partial charge is 0.257 e. The van der Waals surface area contributed by atoms with E-state index in [0.717, 1.165) is 19.3 Å². The van der Waals surface area contributed by atoms with E-state index in [1.807, 2.05) is 49.2 Å². The summed E-state index contributed by atoms with van der Waals surface area (Å²) in [6, 6.07) is 14.5. The van der Waals surface area contributed by atoms with E-state index in [-0.39, 0.29) is 17.7 Å². The minimum absolute atomic E-state index is 0.0598. The average molecular weight is 508 g/mol. The number of carbonyl (C=O) groups excluding carboxylic acids is 3. The molecule has 8 heteroatoms. The van der Waals surface area contributed by atoms with E-state index >= 15 is 0 Å². The summed E-state index contributed by atoms with van der Waals surface area (Å²) >= 11 is 0. The molecule has 37 heavy (non-hydrogen) atoms. The number of hydrogen-bond donors (Lipinski definition) is 1. The van der Waals surface area contributed by atoms with E-state index in [9.17, 15) is 14.4 Å². The van der Waals surface area contributed by atoms with Crippen LogP contribution >= 0.6 is 0 Å². The maximum absolute atomic E-state index is 13.8. The molecule has 1 saturated heterocycles. The van der Waals surface area contributed by atoms with Gasteiger partial charge in [0.1, 0.15) is 18.1 Å². The van der Waals surface area contributed by atoms with Crippen molar-refractivity contribution in [1.82, 2.24) is 15.1 Å². The molecule has 1 spiro atoms. The van der Waals surface area contributed by atoms with Crippen molar-refractivity contribution in [2.24, 2.45) is 5.41 Å². The van der Waals surface area contributed by atoms with Gasteiger partial charge in [-0.25, -0.2) is 0 Å². The molecular formula is C29H37N3O5. The number of hydrogen-bond acceptors (Lipinski definition) is 5. The van der Waals surface area contributed by atoms with Gasteiger partial charge in [0.15, 0.2) is 0 Å². The normalized spacial score (nSPS) is 18.9. The van der Waals surface area contributed by atoms with Gasteiger partial charge in [0.25, 0.3) is 11.8 Å². The molecular weight excluding hydrogens is 470 g/mol. The van der Waals surface area contributed by atoms with Gasteiger partial charge in [0.2, 0.25) is 5.91 Å². The molecule has 0 aromatic heterocycles. The minimum Gasteiger partial charge on any atom is -0.493 e. The van der Waals surface area contributed by atoms with Crippen LogP contribution in [0.4, 0.5) is 0 Å². The summed E-state index contributed by atoms with van der Waals surface area (Å²) in [6.45, 7) is 4.66. The van der Waals surface area contributed by atoms with Gasteiger partial charge < -0.3 is 24.6 Å². The molecule has 2 aromatic carbocycles. The number of fused-ring (bicyclic) bond motifs is 1. The van der Waals surface area contributed by atoms with E-state index in [2.05, 4.69) is 5.32 Å². The van der Waals surface area contributed by atoms with Crippen molar-refractivity contribution >= 4 is 17.7 Å². The number of amides is 3. The largest absolute Gasteiger partial charge is 0.493 e. The Balaban J connectivity index is 1.46. The zero-order chi connectivity index (χ0) is 26.3. The number of nitrogens with one attached hydrogen (secondary N) is 1. The third kappa shape index (κ3) is 6.06. The number of rotatable bonds is 3. The van der Waals surface area contributed by atoms with Crippen LogP contribution in [0.1, 0.15) is 59.7 Å². The van der Waals surface area contributed by atoms with Crippen molar-refractivity contribution in [3.8, 4) is 11.5 Å². The van der Waals surface area contributed by atoms with Gasteiger partial charge in [-0.1, -0.05) is 30.7 Å². The molecule has 0 bridgehead atoms. The lowest BCUT2D eigenvalue weighted by Gasteiger charge is -2.43. The van der Waals surface area contributed by atoms with Crippen molar-refractivity contribution in [1.29, 1.82) is 0 Å². The highest BCUT2D eigenvalue weighted by Gasteiger charge is 2.43. The van der Waals surface area contributed by atoms with Crippen LogP contribution < -0.4 is 14.8 Å². The zero-order valence-corrected chi connectivity index (χ0v) is 21.8. The molecule has 1 N–H and O–H groups in total. The lowest BCUT2D eigenvalue weighted by molar-refractivity contribution is -0.144. The monoisotopic (exact) mass is 507 g/mol. The standard InChI is InChI=1S/C29H37N3O5/c1-3-36-25-13-7-5-11-23(25)27(34)32-18-15-29(16-19-32)14-8-9-17-30-26(33)22-10-4-6-12-24(22)37-21-20-31(2)28(29)35/h4-7,10-13H,3,8-9,14-21H2,1-2H3,(H,30,33). The summed E-state index contributed by atoms with van der Waals surface area (Å²) in [5.41, 5.74) is 0.535. The van der Waals surface area contributed by atoms with Crippen LogP contribution in [0.15, 0.2) is 48.5 Å². The third-order valence-corrected chi connectivity index (χ3v) is 7.41. The summed E-state index contributed by atoms with van der Waals surface area (Å²) in [4.78, 5) is 43.3. The quantitative estimate of drug-likeness (QED) is 0.684. The Bertz CT molecular complexity index is 1110. The second-order valence-electron chi connectivity index (χ2n) is 9.79. The molecule has 0 radical (unpaired) electrons. The first-order valence-corrected chi connectivity index (χ1v) is 13.2. The van der Waals surface area contributed by atoms with Crippen LogP contribution in [0, 0.1) is 5.41 Å². The van der Waals surface area contributed by atoms with Crippen LogP contribution in [0.3, 0.4) is 0 Å². The Hall–Kier alpha value is -3.55. The predicted octanol–water partition coefficient (Wildman–Crippen LogP) is 3.76. The fourth-order valence-electron chi connectivity index (χ4n) is 5.27. The number of benzene rings is 2. The molecule has 0 aliphatic carbocycles. The molecule has 2 aliphatic rings. The SMILES string of the molecule is CCOc1ccccc1C(=O)N1CCC2(CCCCNC(=O)c3ccccc3OCCN(C)C2=O)CC1. The summed E-state index contributed by atoms with van der Waals surface area (Å²) in [5, 5.41) is 2.98. The van der Waals surface area contributed by atoms with Gasteiger partial charge in [0.05, 0.1) is 29.7 Å². The highest BCUT2D eigenvalue weighted by molar-refractivity contribution is 5.97. The lowest BCUT2D eigenvalue weighted by atomic mass is 9.73. The van der Waals surface area contributed by atoms with E-state index < -0.39 is 5.41 Å². The molecule has 2 aromatic rings. The molecule has 0 saturated carbocycles. The van der Waals surface area contributed by atoms with E-state index in [1.165, 1.54) is 0 Å². The summed E-state index contributed by atoms with van der Waals surface area (Å²) in [7, 11) is 1.81. The fraction of sp³-hybridized carbons (Fsp3) is 0.483. The molecule has 0 atom stereocenters. The van der Waals surface area contributed by atoms with Gasteiger partial charge in [-0.2, -0.15) is 0 Å². The Morgan fingerprint density at radius 2 is 1.73 bits per heavy atom. The third-order valence-electron chi connectivity index (χ3n) is 7.41. The van der Waals surface area contributed by atoms with Crippen molar-refractivity contribution < 1.29 is 23.9 Å². The number of carbonyl (C=O) groups is 3. The summed E-state index contributed by atoms with van der Waals surface area (Å²) in [6.07, 6.45) is 3.53. The number of nitrogens with zero attached hydrogens (tertiary/aromatic N) is 2. The van der Waals surface area contributed by atoms with Crippen LogP contribution in [-0.4, -0.2) is 74.0 Å². The second kappa shape index (κ2) is 12.1. The number of likely N-dealkylation sites (tertiary alicyclic amines) is 1. The molecule has 198 valence electrons. The minimum atomic E-state index is -0.531. The van der Waals surface area contributed by atoms with Crippen LogP contribution in [0.2, 0.25) is 0 Å². The Morgan fingerprint density at radius 3 is 2.51 bits per heavy atom. The number of para-hydroxylation sites is 2. The molecule has 1 fully saturated rings. The van der Waals surface area contributed by atoms with Gasteiger partial charge in [0, 0.05) is 26.7 Å². The van der Waals surface area contributed by atoms with Crippen LogP contribution in [0.5, 0.6) is 11.5 Å². The summed E-state index contributed by atoms with van der Waals surface area (Å²) < 4.78 is 11.6. The molecule has 4 rings (SSSR count). The van der Waals surface area contributed by atoms with Gasteiger partial charge >= 0.3 is 0 Å². The molecule has 3 amide bonds. The molecule has 2 aliphatic heterocycles. The van der Waals surface area contributed by atoms with Gasteiger partial charge in [-0.05, 0) is 56.9 Å². The Labute approximate surface area is 218 Å². The number of piperidine rings is 1. The Morgan fingerprint density at radius 1 is 1.00 bits per heavy atom. The van der Waals surface area contributed by atoms with Gasteiger partial charge in [-0.3, -0.25) is 14.4 Å².